The number of aryl methyl sites for hydroxylation is 1. The SMILES string of the molecule is Cc1cc(/C=N/NC(=O)COc2ccc(Cl)cc2Cl)c(C)n1C. The third kappa shape index (κ3) is 4.50. The minimum absolute atomic E-state index is 0.189. The van der Waals surface area contributed by atoms with E-state index in [1.165, 1.54) is 0 Å². The highest BCUT2D eigenvalue weighted by atomic mass is 35.5. The number of ether oxygens (including phenoxy) is 1. The Bertz CT molecular complexity index is 754. The summed E-state index contributed by atoms with van der Waals surface area (Å²) in [6, 6.07) is 6.79. The molecule has 1 heterocycles. The maximum Gasteiger partial charge on any atom is 0.277 e. The molecule has 0 saturated carbocycles. The summed E-state index contributed by atoms with van der Waals surface area (Å²) in [6.07, 6.45) is 1.61. The summed E-state index contributed by atoms with van der Waals surface area (Å²) >= 11 is 11.8. The van der Waals surface area contributed by atoms with Crippen molar-refractivity contribution in [1.82, 2.24) is 9.99 Å². The lowest BCUT2D eigenvalue weighted by Gasteiger charge is -2.06. The molecule has 1 aromatic carbocycles. The quantitative estimate of drug-likeness (QED) is 0.660. The highest BCUT2D eigenvalue weighted by Crippen LogP contribution is 2.27. The Morgan fingerprint density at radius 3 is 2.70 bits per heavy atom. The number of hydrazone groups is 1. The number of halogens is 2. The van der Waals surface area contributed by atoms with Crippen molar-refractivity contribution in [2.45, 2.75) is 13.8 Å². The van der Waals surface area contributed by atoms with Gasteiger partial charge in [-0.05, 0) is 38.1 Å². The Morgan fingerprint density at radius 2 is 2.09 bits per heavy atom. The number of carbonyl (C=O) groups excluding carboxylic acids is 1. The van der Waals surface area contributed by atoms with Crippen LogP contribution in [0.25, 0.3) is 0 Å². The molecule has 0 bridgehead atoms. The maximum absolute atomic E-state index is 11.7. The number of aromatic nitrogens is 1. The lowest BCUT2D eigenvalue weighted by Crippen LogP contribution is -2.24. The molecule has 0 spiro atoms. The van der Waals surface area contributed by atoms with Crippen LogP contribution >= 0.6 is 23.2 Å². The van der Waals surface area contributed by atoms with Crippen LogP contribution in [0.15, 0.2) is 29.4 Å². The first-order valence-corrected chi connectivity index (χ1v) is 7.66. The molecule has 5 nitrogen and oxygen atoms in total. The number of nitrogens with zero attached hydrogens (tertiary/aromatic N) is 2. The zero-order valence-electron chi connectivity index (χ0n) is 13.1. The smallest absolute Gasteiger partial charge is 0.277 e. The fourth-order valence-electron chi connectivity index (χ4n) is 1.96. The van der Waals surface area contributed by atoms with Crippen molar-refractivity contribution in [3.8, 4) is 5.75 Å². The molecular weight excluding hydrogens is 337 g/mol. The van der Waals surface area contributed by atoms with Crippen LogP contribution in [0, 0.1) is 13.8 Å². The van der Waals surface area contributed by atoms with Crippen molar-refractivity contribution in [2.75, 3.05) is 6.61 Å². The predicted molar refractivity (Wildman–Crippen MR) is 92.6 cm³/mol. The number of nitrogens with one attached hydrogen (secondary N) is 1. The van der Waals surface area contributed by atoms with Gasteiger partial charge in [0.2, 0.25) is 0 Å². The van der Waals surface area contributed by atoms with Gasteiger partial charge in [0.1, 0.15) is 5.75 Å². The van der Waals surface area contributed by atoms with E-state index in [0.29, 0.717) is 15.8 Å². The van der Waals surface area contributed by atoms with E-state index < -0.39 is 0 Å². The molecule has 0 unspecified atom stereocenters. The Labute approximate surface area is 144 Å². The molecule has 2 aromatic rings. The molecule has 0 atom stereocenters. The normalized spacial score (nSPS) is 11.0. The molecule has 0 saturated heterocycles. The molecule has 0 radical (unpaired) electrons. The molecule has 0 aliphatic rings. The van der Waals surface area contributed by atoms with Crippen molar-refractivity contribution in [2.24, 2.45) is 12.1 Å². The Balaban J connectivity index is 1.87. The summed E-state index contributed by atoms with van der Waals surface area (Å²) in [6.45, 7) is 3.81. The van der Waals surface area contributed by atoms with Crippen LogP contribution in [0.1, 0.15) is 17.0 Å². The van der Waals surface area contributed by atoms with Gasteiger partial charge in [0.15, 0.2) is 6.61 Å². The van der Waals surface area contributed by atoms with Gasteiger partial charge in [-0.3, -0.25) is 4.79 Å². The molecule has 0 aliphatic carbocycles. The van der Waals surface area contributed by atoms with E-state index in [-0.39, 0.29) is 12.5 Å². The highest BCUT2D eigenvalue weighted by molar-refractivity contribution is 6.35. The highest BCUT2D eigenvalue weighted by Gasteiger charge is 2.06. The average molecular weight is 354 g/mol. The van der Waals surface area contributed by atoms with Crippen molar-refractivity contribution < 1.29 is 9.53 Å². The molecule has 0 fully saturated rings. The molecule has 1 aromatic heterocycles. The second-order valence-corrected chi connectivity index (χ2v) is 5.89. The van der Waals surface area contributed by atoms with Gasteiger partial charge in [0.05, 0.1) is 11.2 Å². The average Bonchev–Trinajstić information content (AvgIpc) is 2.74. The fourth-order valence-corrected chi connectivity index (χ4v) is 2.42. The fraction of sp³-hybridized carbons (Fsp3) is 0.250. The molecule has 1 amide bonds. The molecule has 1 N–H and O–H groups in total. The van der Waals surface area contributed by atoms with Gasteiger partial charge in [0.25, 0.3) is 5.91 Å². The lowest BCUT2D eigenvalue weighted by molar-refractivity contribution is -0.123. The van der Waals surface area contributed by atoms with E-state index in [9.17, 15) is 4.79 Å². The van der Waals surface area contributed by atoms with E-state index in [1.807, 2.05) is 27.0 Å². The summed E-state index contributed by atoms with van der Waals surface area (Å²) in [7, 11) is 1.98. The van der Waals surface area contributed by atoms with Gasteiger partial charge in [-0.15, -0.1) is 0 Å². The summed E-state index contributed by atoms with van der Waals surface area (Å²) in [5, 5.41) is 4.79. The monoisotopic (exact) mass is 353 g/mol. The van der Waals surface area contributed by atoms with E-state index in [1.54, 1.807) is 24.4 Å². The Kier molecular flexibility index (Phi) is 5.69. The van der Waals surface area contributed by atoms with E-state index in [2.05, 4.69) is 15.1 Å². The van der Waals surface area contributed by atoms with Crippen LogP contribution < -0.4 is 10.2 Å². The number of amides is 1. The third-order valence-electron chi connectivity index (χ3n) is 3.46. The van der Waals surface area contributed by atoms with Crippen molar-refractivity contribution in [1.29, 1.82) is 0 Å². The molecule has 122 valence electrons. The van der Waals surface area contributed by atoms with Gasteiger partial charge in [-0.1, -0.05) is 23.2 Å². The number of benzene rings is 1. The number of hydrogen-bond acceptors (Lipinski definition) is 3. The van der Waals surface area contributed by atoms with Crippen LogP contribution in [0.4, 0.5) is 0 Å². The van der Waals surface area contributed by atoms with Gasteiger partial charge in [0, 0.05) is 29.0 Å². The van der Waals surface area contributed by atoms with Crippen molar-refractivity contribution in [3.63, 3.8) is 0 Å². The standard InChI is InChI=1S/C16H17Cl2N3O2/c1-10-6-12(11(2)21(10)3)8-19-20-16(22)9-23-15-5-4-13(17)7-14(15)18/h4-8H,9H2,1-3H3,(H,20,22)/b19-8+. The maximum atomic E-state index is 11.7. The molecule has 0 aliphatic heterocycles. The van der Waals surface area contributed by atoms with Gasteiger partial charge in [-0.2, -0.15) is 5.10 Å². The largest absolute Gasteiger partial charge is 0.482 e. The first kappa shape index (κ1) is 17.4. The molecule has 23 heavy (non-hydrogen) atoms. The van der Waals surface area contributed by atoms with Crippen molar-refractivity contribution >= 4 is 35.3 Å². The molecule has 2 rings (SSSR count). The number of carbonyl (C=O) groups is 1. The van der Waals surface area contributed by atoms with E-state index >= 15 is 0 Å². The van der Waals surface area contributed by atoms with Gasteiger partial charge < -0.3 is 9.30 Å². The van der Waals surface area contributed by atoms with Crippen LogP contribution in [0.2, 0.25) is 10.0 Å². The molecule has 7 heteroatoms. The second kappa shape index (κ2) is 7.53. The first-order valence-electron chi connectivity index (χ1n) is 6.91. The van der Waals surface area contributed by atoms with Gasteiger partial charge >= 0.3 is 0 Å². The van der Waals surface area contributed by atoms with Gasteiger partial charge in [-0.25, -0.2) is 5.43 Å². The Hall–Kier alpha value is -1.98. The summed E-state index contributed by atoms with van der Waals surface area (Å²) < 4.78 is 7.37. The minimum atomic E-state index is -0.377. The number of rotatable bonds is 5. The van der Waals surface area contributed by atoms with E-state index in [0.717, 1.165) is 17.0 Å². The second-order valence-electron chi connectivity index (χ2n) is 5.04. The van der Waals surface area contributed by atoms with Crippen molar-refractivity contribution in [3.05, 3.63) is 51.3 Å². The zero-order chi connectivity index (χ0) is 17.0. The zero-order valence-corrected chi connectivity index (χ0v) is 14.6. The van der Waals surface area contributed by atoms with E-state index in [4.69, 9.17) is 27.9 Å². The van der Waals surface area contributed by atoms with Crippen LogP contribution in [0.3, 0.4) is 0 Å². The summed E-state index contributed by atoms with van der Waals surface area (Å²) in [5.74, 6) is 0.0160. The van der Waals surface area contributed by atoms with Crippen LogP contribution in [-0.2, 0) is 11.8 Å². The molecular formula is C16H17Cl2N3O2. The van der Waals surface area contributed by atoms with Crippen LogP contribution in [-0.4, -0.2) is 23.3 Å². The Morgan fingerprint density at radius 1 is 1.35 bits per heavy atom. The summed E-state index contributed by atoms with van der Waals surface area (Å²) in [4.78, 5) is 11.7. The minimum Gasteiger partial charge on any atom is -0.482 e. The number of hydrogen-bond donors (Lipinski definition) is 1. The predicted octanol–water partition coefficient (Wildman–Crippen LogP) is 3.48. The topological polar surface area (TPSA) is 55.6 Å². The first-order chi connectivity index (χ1) is 10.9. The lowest BCUT2D eigenvalue weighted by atomic mass is 10.3. The van der Waals surface area contributed by atoms with Crippen LogP contribution in [0.5, 0.6) is 5.75 Å². The third-order valence-corrected chi connectivity index (χ3v) is 3.99. The summed E-state index contributed by atoms with van der Waals surface area (Å²) in [5.41, 5.74) is 5.56.